The Morgan fingerprint density at radius 3 is 2.67 bits per heavy atom. The maximum absolute atomic E-state index is 14.1. The molecule has 3 heterocycles. The molecule has 5 atom stereocenters. The normalized spacial score (nSPS) is 28.8. The van der Waals surface area contributed by atoms with Gasteiger partial charge in [-0.3, -0.25) is 14.4 Å². The van der Waals surface area contributed by atoms with Gasteiger partial charge >= 0.3 is 0 Å². The molecule has 2 aliphatic heterocycles. The minimum Gasteiger partial charge on any atom is -0.503 e. The summed E-state index contributed by atoms with van der Waals surface area (Å²) >= 11 is 0. The van der Waals surface area contributed by atoms with Crippen molar-refractivity contribution in [3.8, 4) is 5.75 Å². The number of rotatable bonds is 3. The fourth-order valence-corrected chi connectivity index (χ4v) is 5.70. The number of amides is 2. The monoisotopic (exact) mass is 457 g/mol. The van der Waals surface area contributed by atoms with Crippen LogP contribution in [0, 0.1) is 30.4 Å². The molecule has 1 unspecified atom stereocenters. The Morgan fingerprint density at radius 2 is 1.94 bits per heavy atom. The zero-order valence-electron chi connectivity index (χ0n) is 17.7. The molecule has 3 fully saturated rings. The van der Waals surface area contributed by atoms with Crippen molar-refractivity contribution in [2.75, 3.05) is 0 Å². The lowest BCUT2D eigenvalue weighted by molar-refractivity contribution is -0.144. The van der Waals surface area contributed by atoms with Crippen LogP contribution >= 0.6 is 0 Å². The van der Waals surface area contributed by atoms with Crippen LogP contribution < -0.4 is 10.7 Å². The fraction of sp³-hybridized carbons (Fsp3) is 0.435. The highest BCUT2D eigenvalue weighted by molar-refractivity contribution is 5.99. The number of benzene rings is 1. The van der Waals surface area contributed by atoms with Gasteiger partial charge in [0.05, 0.1) is 12.6 Å². The van der Waals surface area contributed by atoms with Crippen molar-refractivity contribution >= 4 is 11.8 Å². The van der Waals surface area contributed by atoms with Gasteiger partial charge in [-0.2, -0.15) is 0 Å². The zero-order valence-corrected chi connectivity index (χ0v) is 17.7. The third kappa shape index (κ3) is 2.93. The molecule has 10 heteroatoms. The van der Waals surface area contributed by atoms with Gasteiger partial charge in [0, 0.05) is 24.3 Å². The number of pyridine rings is 1. The number of carbonyl (C=O) groups excluding carboxylic acids is 2. The number of aromatic nitrogens is 1. The molecule has 2 bridgehead atoms. The largest absolute Gasteiger partial charge is 0.503 e. The van der Waals surface area contributed by atoms with Gasteiger partial charge in [-0.1, -0.05) is 0 Å². The molecule has 2 N–H and O–H groups in total. The average molecular weight is 457 g/mol. The molecular weight excluding hydrogens is 436 g/mol. The fourth-order valence-electron chi connectivity index (χ4n) is 5.70. The van der Waals surface area contributed by atoms with Crippen LogP contribution in [0.3, 0.4) is 0 Å². The van der Waals surface area contributed by atoms with Crippen LogP contribution in [-0.2, 0) is 17.8 Å². The lowest BCUT2D eigenvalue weighted by Gasteiger charge is -2.45. The smallest absolute Gasteiger partial charge is 0.276 e. The first-order chi connectivity index (χ1) is 15.7. The number of ether oxygens (including phenoxy) is 1. The number of hydrogen-bond donors (Lipinski definition) is 2. The lowest BCUT2D eigenvalue weighted by atomic mass is 10.0. The summed E-state index contributed by atoms with van der Waals surface area (Å²) in [5.74, 6) is -2.99. The maximum atomic E-state index is 14.1. The highest BCUT2D eigenvalue weighted by Crippen LogP contribution is 2.58. The molecule has 8 nitrogen and oxygen atoms in total. The summed E-state index contributed by atoms with van der Waals surface area (Å²) in [4.78, 5) is 40.3. The molecular formula is C23H21F2N3O5. The Hall–Kier alpha value is -3.27. The van der Waals surface area contributed by atoms with Crippen molar-refractivity contribution in [1.29, 1.82) is 0 Å². The standard InChI is InChI=1S/C23H21F2N3O5/c1-9-2-14(24)12(15(25)3-9)6-26-22(31)13-7-27-8-18-28(23(32)19(27)21(30)20(13)29)16-5-17(33-18)11-4-10(11)16/h2-3,7,10-11,16-18,30H,4-6,8H2,1H3,(H,26,31)/t10-,11+,16-,17+,18?/m1/s1. The van der Waals surface area contributed by atoms with Crippen LogP contribution in [0.15, 0.2) is 23.1 Å². The summed E-state index contributed by atoms with van der Waals surface area (Å²) in [7, 11) is 0. The number of carbonyl (C=O) groups is 2. The summed E-state index contributed by atoms with van der Waals surface area (Å²) in [6.07, 6.45) is 2.55. The SMILES string of the molecule is Cc1cc(F)c(CNC(=O)c2cn3c(c(O)c2=O)C(=O)N2C(C3)O[C@H]3C[C@@H]2[C@@H]2C[C@@H]23)c(F)c1. The summed E-state index contributed by atoms with van der Waals surface area (Å²) in [5.41, 5.74) is -1.55. The number of halogens is 2. The van der Waals surface area contributed by atoms with Crippen LogP contribution in [0.2, 0.25) is 0 Å². The van der Waals surface area contributed by atoms with Crippen molar-refractivity contribution < 1.29 is 28.2 Å². The summed E-state index contributed by atoms with van der Waals surface area (Å²) in [6, 6.07) is 2.32. The number of fused-ring (bicyclic) bond motifs is 8. The van der Waals surface area contributed by atoms with Crippen molar-refractivity contribution in [2.24, 2.45) is 11.8 Å². The minimum absolute atomic E-state index is 0.0387. The first-order valence-corrected chi connectivity index (χ1v) is 10.9. The second-order valence-electron chi connectivity index (χ2n) is 9.32. The van der Waals surface area contributed by atoms with Gasteiger partial charge in [-0.05, 0) is 49.3 Å². The van der Waals surface area contributed by atoms with E-state index in [0.29, 0.717) is 17.4 Å². The third-order valence-corrected chi connectivity index (χ3v) is 7.34. The molecule has 1 saturated heterocycles. The van der Waals surface area contributed by atoms with Crippen LogP contribution in [0.5, 0.6) is 5.75 Å². The third-order valence-electron chi connectivity index (χ3n) is 7.34. The summed E-state index contributed by atoms with van der Waals surface area (Å²) in [6.45, 7) is 1.23. The van der Waals surface area contributed by atoms with Gasteiger partial charge in [0.25, 0.3) is 11.8 Å². The molecule has 1 aromatic carbocycles. The van der Waals surface area contributed by atoms with E-state index >= 15 is 0 Å². The molecule has 2 saturated carbocycles. The predicted octanol–water partition coefficient (Wildman–Crippen LogP) is 1.66. The van der Waals surface area contributed by atoms with Crippen molar-refractivity contribution in [1.82, 2.24) is 14.8 Å². The first kappa shape index (κ1) is 20.3. The molecule has 2 amide bonds. The maximum Gasteiger partial charge on any atom is 0.276 e. The second kappa shape index (κ2) is 6.86. The number of aryl methyl sites for hydroxylation is 1. The Kier molecular flexibility index (Phi) is 4.23. The number of nitrogens with zero attached hydrogens (tertiary/aromatic N) is 2. The minimum atomic E-state index is -1.01. The lowest BCUT2D eigenvalue weighted by Crippen LogP contribution is -2.58. The predicted molar refractivity (Wildman–Crippen MR) is 109 cm³/mol. The molecule has 172 valence electrons. The van der Waals surface area contributed by atoms with Gasteiger partial charge in [-0.15, -0.1) is 0 Å². The Balaban J connectivity index is 1.30. The molecule has 0 spiro atoms. The first-order valence-electron chi connectivity index (χ1n) is 10.9. The van der Waals surface area contributed by atoms with Crippen molar-refractivity contribution in [2.45, 2.75) is 51.2 Å². The van der Waals surface area contributed by atoms with Crippen molar-refractivity contribution in [3.05, 3.63) is 62.6 Å². The quantitative estimate of drug-likeness (QED) is 0.730. The van der Waals surface area contributed by atoms with E-state index in [1.54, 1.807) is 4.90 Å². The van der Waals surface area contributed by atoms with E-state index in [-0.39, 0.29) is 29.9 Å². The van der Waals surface area contributed by atoms with Gasteiger partial charge in [0.1, 0.15) is 17.2 Å². The molecule has 4 aliphatic rings. The van der Waals surface area contributed by atoms with Crippen LogP contribution in [0.25, 0.3) is 0 Å². The summed E-state index contributed by atoms with van der Waals surface area (Å²) in [5, 5.41) is 12.9. The van der Waals surface area contributed by atoms with Gasteiger partial charge in [0.15, 0.2) is 17.7 Å². The number of nitrogens with one attached hydrogen (secondary N) is 1. The molecule has 33 heavy (non-hydrogen) atoms. The highest BCUT2D eigenvalue weighted by atomic mass is 19.1. The van der Waals surface area contributed by atoms with E-state index in [9.17, 15) is 28.3 Å². The van der Waals surface area contributed by atoms with Gasteiger partial charge in [-0.25, -0.2) is 8.78 Å². The van der Waals surface area contributed by atoms with Gasteiger partial charge in [0.2, 0.25) is 5.43 Å². The van der Waals surface area contributed by atoms with Crippen LogP contribution in [0.4, 0.5) is 8.78 Å². The molecule has 2 aliphatic carbocycles. The molecule has 1 aromatic heterocycles. The van der Waals surface area contributed by atoms with E-state index in [4.69, 9.17) is 4.74 Å². The molecule has 2 aromatic rings. The Bertz CT molecular complexity index is 1270. The van der Waals surface area contributed by atoms with E-state index in [2.05, 4.69) is 5.32 Å². The van der Waals surface area contributed by atoms with E-state index in [0.717, 1.165) is 25.0 Å². The Labute approximate surface area is 186 Å². The van der Waals surface area contributed by atoms with Crippen molar-refractivity contribution in [3.63, 3.8) is 0 Å². The summed E-state index contributed by atoms with van der Waals surface area (Å²) < 4.78 is 35.6. The Morgan fingerprint density at radius 1 is 1.21 bits per heavy atom. The zero-order chi connectivity index (χ0) is 23.2. The molecule has 0 radical (unpaired) electrons. The van der Waals surface area contributed by atoms with E-state index in [1.807, 2.05) is 0 Å². The second-order valence-corrected chi connectivity index (χ2v) is 9.32. The van der Waals surface area contributed by atoms with Gasteiger partial charge < -0.3 is 24.6 Å². The van der Waals surface area contributed by atoms with Crippen LogP contribution in [-0.4, -0.2) is 44.8 Å². The highest BCUT2D eigenvalue weighted by Gasteiger charge is 2.63. The number of hydrogen-bond acceptors (Lipinski definition) is 5. The topological polar surface area (TPSA) is 101 Å². The van der Waals surface area contributed by atoms with Crippen LogP contribution in [0.1, 0.15) is 44.8 Å². The number of aromatic hydroxyl groups is 1. The van der Waals surface area contributed by atoms with E-state index in [1.165, 1.54) is 17.7 Å². The molecule has 6 rings (SSSR count). The average Bonchev–Trinajstić information content (AvgIpc) is 3.50. The van der Waals surface area contributed by atoms with E-state index < -0.39 is 53.0 Å².